The second-order valence-electron chi connectivity index (χ2n) is 3.30. The molecule has 0 aromatic carbocycles. The van der Waals surface area contributed by atoms with Crippen LogP contribution >= 0.6 is 0 Å². The van der Waals surface area contributed by atoms with Gasteiger partial charge in [0.1, 0.15) is 0 Å². The third-order valence-corrected chi connectivity index (χ3v) is 2.05. The minimum Gasteiger partial charge on any atom is -0.305 e. The molecule has 0 aliphatic heterocycles. The summed E-state index contributed by atoms with van der Waals surface area (Å²) in [5.74, 6) is 0. The minimum absolute atomic E-state index is 0.819. The summed E-state index contributed by atoms with van der Waals surface area (Å²) in [6.07, 6.45) is 1.35. The van der Waals surface area contributed by atoms with E-state index in [0.29, 0.717) is 0 Å². The third kappa shape index (κ3) is 3.21. The van der Waals surface area contributed by atoms with Gasteiger partial charge >= 0.3 is 0 Å². The molecular formula is C9H22N2. The van der Waals surface area contributed by atoms with Crippen LogP contribution in [0.5, 0.6) is 0 Å². The molecule has 1 aliphatic carbocycles. The Morgan fingerprint density at radius 3 is 1.18 bits per heavy atom. The Bertz CT molecular complexity index is 87.7. The van der Waals surface area contributed by atoms with E-state index in [4.69, 9.17) is 0 Å². The zero-order valence-electron chi connectivity index (χ0n) is 8.76. The van der Waals surface area contributed by atoms with E-state index in [9.17, 15) is 0 Å². The zero-order chi connectivity index (χ0) is 9.02. The fourth-order valence-corrected chi connectivity index (χ4v) is 1.28. The van der Waals surface area contributed by atoms with Gasteiger partial charge in [0, 0.05) is 12.1 Å². The maximum absolute atomic E-state index is 2.30. The molecule has 0 aromatic heterocycles. The van der Waals surface area contributed by atoms with Crippen LogP contribution in [0.15, 0.2) is 0 Å². The van der Waals surface area contributed by atoms with Crippen LogP contribution in [-0.2, 0) is 0 Å². The van der Waals surface area contributed by atoms with Crippen molar-refractivity contribution in [1.29, 1.82) is 0 Å². The molecule has 0 aromatic rings. The highest BCUT2D eigenvalue weighted by atomic mass is 15.2. The van der Waals surface area contributed by atoms with Gasteiger partial charge in [-0.2, -0.15) is 0 Å². The molecule has 1 rings (SSSR count). The molecule has 0 radical (unpaired) electrons. The second-order valence-corrected chi connectivity index (χ2v) is 3.30. The van der Waals surface area contributed by atoms with Crippen LogP contribution in [0.2, 0.25) is 0 Å². The van der Waals surface area contributed by atoms with Crippen LogP contribution < -0.4 is 0 Å². The van der Waals surface area contributed by atoms with Gasteiger partial charge in [0.2, 0.25) is 0 Å². The lowest BCUT2D eigenvalue weighted by Gasteiger charge is -2.12. The average Bonchev–Trinajstić information content (AvgIpc) is 2.69. The molecule has 0 heterocycles. The van der Waals surface area contributed by atoms with Gasteiger partial charge in [0.15, 0.2) is 0 Å². The van der Waals surface area contributed by atoms with Crippen LogP contribution in [0.25, 0.3) is 0 Å². The molecule has 68 valence electrons. The van der Waals surface area contributed by atoms with Crippen molar-refractivity contribution >= 4 is 0 Å². The third-order valence-electron chi connectivity index (χ3n) is 2.05. The Labute approximate surface area is 71.2 Å². The van der Waals surface area contributed by atoms with E-state index in [0.717, 1.165) is 12.1 Å². The normalized spacial score (nSPS) is 28.4. The van der Waals surface area contributed by atoms with Gasteiger partial charge in [0.25, 0.3) is 0 Å². The van der Waals surface area contributed by atoms with Crippen molar-refractivity contribution in [2.75, 3.05) is 28.2 Å². The molecule has 0 bridgehead atoms. The predicted octanol–water partition coefficient (Wildman–Crippen LogP) is 1.28. The van der Waals surface area contributed by atoms with E-state index in [1.807, 2.05) is 13.8 Å². The highest BCUT2D eigenvalue weighted by Crippen LogP contribution is 2.29. The Hall–Kier alpha value is -0.0800. The lowest BCUT2D eigenvalue weighted by molar-refractivity contribution is 0.315. The summed E-state index contributed by atoms with van der Waals surface area (Å²) in [6.45, 7) is 4.00. The van der Waals surface area contributed by atoms with Crippen molar-refractivity contribution in [2.24, 2.45) is 0 Å². The van der Waals surface area contributed by atoms with Crippen LogP contribution in [0.3, 0.4) is 0 Å². The molecule has 1 aliphatic rings. The first kappa shape index (κ1) is 10.9. The Morgan fingerprint density at radius 1 is 0.818 bits per heavy atom. The number of likely N-dealkylation sites (N-methyl/N-ethyl adjacent to an activating group) is 2. The highest BCUT2D eigenvalue weighted by molar-refractivity contribution is 4.99. The fraction of sp³-hybridized carbons (Fsp3) is 1.00. The van der Waals surface area contributed by atoms with Crippen molar-refractivity contribution < 1.29 is 0 Å². The summed E-state index contributed by atoms with van der Waals surface area (Å²) in [5, 5.41) is 0. The summed E-state index contributed by atoms with van der Waals surface area (Å²) in [4.78, 5) is 4.59. The smallest absolute Gasteiger partial charge is 0.0261 e. The van der Waals surface area contributed by atoms with Gasteiger partial charge in [-0.05, 0) is 34.6 Å². The molecular weight excluding hydrogens is 136 g/mol. The monoisotopic (exact) mass is 158 g/mol. The first-order valence-corrected chi connectivity index (χ1v) is 4.46. The van der Waals surface area contributed by atoms with Gasteiger partial charge in [0.05, 0.1) is 0 Å². The Kier molecular flexibility index (Phi) is 4.69. The zero-order valence-corrected chi connectivity index (χ0v) is 8.76. The van der Waals surface area contributed by atoms with E-state index < -0.39 is 0 Å². The molecule has 0 N–H and O–H groups in total. The highest BCUT2D eigenvalue weighted by Gasteiger charge is 2.40. The van der Waals surface area contributed by atoms with Crippen LogP contribution in [0, 0.1) is 0 Å². The first-order valence-electron chi connectivity index (χ1n) is 4.46. The lowest BCUT2D eigenvalue weighted by Crippen LogP contribution is -2.25. The molecule has 1 fully saturated rings. The molecule has 2 atom stereocenters. The van der Waals surface area contributed by atoms with Crippen molar-refractivity contribution in [3.8, 4) is 0 Å². The molecule has 0 saturated heterocycles. The molecule has 1 saturated carbocycles. The van der Waals surface area contributed by atoms with Crippen LogP contribution in [0.4, 0.5) is 0 Å². The molecule has 2 heteroatoms. The number of rotatable bonds is 2. The number of hydrogen-bond acceptors (Lipinski definition) is 2. The maximum Gasteiger partial charge on any atom is 0.0261 e. The molecule has 2 nitrogen and oxygen atoms in total. The van der Waals surface area contributed by atoms with Crippen molar-refractivity contribution in [2.45, 2.75) is 32.4 Å². The van der Waals surface area contributed by atoms with Gasteiger partial charge in [-0.15, -0.1) is 0 Å². The second kappa shape index (κ2) is 4.73. The van der Waals surface area contributed by atoms with Crippen molar-refractivity contribution in [3.63, 3.8) is 0 Å². The Balaban J connectivity index is 0.000000461. The fourth-order valence-electron chi connectivity index (χ4n) is 1.28. The molecule has 0 amide bonds. The standard InChI is InChI=1S/C7H16N2.C2H6/c1-8(2)6-5-7(6)9(3)4;1-2/h6-7H,5H2,1-4H3;1-2H3. The summed E-state index contributed by atoms with van der Waals surface area (Å²) < 4.78 is 0. The summed E-state index contributed by atoms with van der Waals surface area (Å²) in [6, 6.07) is 1.64. The van der Waals surface area contributed by atoms with Gasteiger partial charge in [-0.25, -0.2) is 0 Å². The van der Waals surface area contributed by atoms with E-state index in [1.54, 1.807) is 0 Å². The SMILES string of the molecule is CC.CN(C)C1CC1N(C)C. The quantitative estimate of drug-likeness (QED) is 0.597. The van der Waals surface area contributed by atoms with Gasteiger partial charge < -0.3 is 9.80 Å². The lowest BCUT2D eigenvalue weighted by atomic mass is 10.5. The Morgan fingerprint density at radius 2 is 1.09 bits per heavy atom. The van der Waals surface area contributed by atoms with E-state index in [1.165, 1.54) is 6.42 Å². The molecule has 2 unspecified atom stereocenters. The largest absolute Gasteiger partial charge is 0.305 e. The predicted molar refractivity (Wildman–Crippen MR) is 50.9 cm³/mol. The van der Waals surface area contributed by atoms with Gasteiger partial charge in [-0.3, -0.25) is 0 Å². The summed E-state index contributed by atoms with van der Waals surface area (Å²) >= 11 is 0. The van der Waals surface area contributed by atoms with Gasteiger partial charge in [-0.1, -0.05) is 13.8 Å². The first-order chi connectivity index (χ1) is 5.13. The minimum atomic E-state index is 0.819. The van der Waals surface area contributed by atoms with E-state index >= 15 is 0 Å². The summed E-state index contributed by atoms with van der Waals surface area (Å²) in [7, 11) is 8.59. The summed E-state index contributed by atoms with van der Waals surface area (Å²) in [5.41, 5.74) is 0. The topological polar surface area (TPSA) is 6.48 Å². The van der Waals surface area contributed by atoms with E-state index in [2.05, 4.69) is 38.0 Å². The van der Waals surface area contributed by atoms with Crippen molar-refractivity contribution in [1.82, 2.24) is 9.80 Å². The van der Waals surface area contributed by atoms with Crippen LogP contribution in [0.1, 0.15) is 20.3 Å². The van der Waals surface area contributed by atoms with Crippen molar-refractivity contribution in [3.05, 3.63) is 0 Å². The number of hydrogen-bond donors (Lipinski definition) is 0. The molecule has 0 spiro atoms. The van der Waals surface area contributed by atoms with E-state index in [-0.39, 0.29) is 0 Å². The average molecular weight is 158 g/mol. The van der Waals surface area contributed by atoms with Crippen LogP contribution in [-0.4, -0.2) is 50.1 Å². The molecule has 11 heavy (non-hydrogen) atoms. The maximum atomic E-state index is 2.30. The number of nitrogens with zero attached hydrogens (tertiary/aromatic N) is 2.